The summed E-state index contributed by atoms with van der Waals surface area (Å²) >= 11 is 0. The number of nitrogens with two attached hydrogens (primary N) is 1. The number of carbonyl (C=O) groups excluding carboxylic acids is 2. The van der Waals surface area contributed by atoms with Crippen LogP contribution in [0.15, 0.2) is 22.8 Å². The number of rotatable bonds is 5. The van der Waals surface area contributed by atoms with Crippen molar-refractivity contribution < 1.29 is 23.9 Å². The van der Waals surface area contributed by atoms with Gasteiger partial charge in [0.2, 0.25) is 5.91 Å². The quantitative estimate of drug-likeness (QED) is 0.688. The van der Waals surface area contributed by atoms with E-state index in [1.807, 2.05) is 0 Å². The van der Waals surface area contributed by atoms with Gasteiger partial charge in [0.1, 0.15) is 13.1 Å². The molecule has 3 N–H and O–H groups in total. The Bertz CT molecular complexity index is 382. The van der Waals surface area contributed by atoms with Gasteiger partial charge in [-0.1, -0.05) is 0 Å². The van der Waals surface area contributed by atoms with Crippen LogP contribution in [0, 0.1) is 0 Å². The van der Waals surface area contributed by atoms with Crippen molar-refractivity contribution in [3.05, 3.63) is 24.2 Å². The van der Waals surface area contributed by atoms with Gasteiger partial charge in [-0.25, -0.2) is 0 Å². The standard InChI is InChI=1S/C9H10N2O5/c10-7(12)4-11(5-8(13)14)9(15)6-2-1-3-16-6/h1-3H,4-5H2,(H2,10,12)(H,13,14). The van der Waals surface area contributed by atoms with E-state index < -0.39 is 30.9 Å². The normalized spacial score (nSPS) is 9.75. The predicted molar refractivity (Wildman–Crippen MR) is 51.4 cm³/mol. The lowest BCUT2D eigenvalue weighted by Crippen LogP contribution is -2.41. The Morgan fingerprint density at radius 3 is 2.50 bits per heavy atom. The molecule has 0 saturated carbocycles. The molecule has 0 saturated heterocycles. The molecule has 2 amide bonds. The molecule has 16 heavy (non-hydrogen) atoms. The summed E-state index contributed by atoms with van der Waals surface area (Å²) in [6.07, 6.45) is 1.27. The van der Waals surface area contributed by atoms with Gasteiger partial charge in [0, 0.05) is 0 Å². The van der Waals surface area contributed by atoms with Crippen LogP contribution in [0.2, 0.25) is 0 Å². The average Bonchev–Trinajstić information content (AvgIpc) is 2.66. The molecule has 0 spiro atoms. The van der Waals surface area contributed by atoms with Crippen molar-refractivity contribution in [2.75, 3.05) is 13.1 Å². The van der Waals surface area contributed by atoms with Gasteiger partial charge in [-0.2, -0.15) is 0 Å². The molecule has 0 aliphatic rings. The van der Waals surface area contributed by atoms with E-state index in [1.54, 1.807) is 0 Å². The van der Waals surface area contributed by atoms with Gasteiger partial charge in [0.15, 0.2) is 5.76 Å². The summed E-state index contributed by atoms with van der Waals surface area (Å²) in [5.74, 6) is -2.75. The van der Waals surface area contributed by atoms with E-state index in [0.29, 0.717) is 0 Å². The first-order chi connectivity index (χ1) is 7.50. The summed E-state index contributed by atoms with van der Waals surface area (Å²) in [4.78, 5) is 33.6. The van der Waals surface area contributed by atoms with Crippen molar-refractivity contribution in [3.63, 3.8) is 0 Å². The third kappa shape index (κ3) is 3.12. The number of carboxylic acid groups (broad SMARTS) is 1. The van der Waals surface area contributed by atoms with Crippen LogP contribution in [0.1, 0.15) is 10.6 Å². The first kappa shape index (κ1) is 11.8. The molecule has 7 nitrogen and oxygen atoms in total. The highest BCUT2D eigenvalue weighted by atomic mass is 16.4. The van der Waals surface area contributed by atoms with E-state index in [1.165, 1.54) is 18.4 Å². The Labute approximate surface area is 90.4 Å². The van der Waals surface area contributed by atoms with E-state index in [9.17, 15) is 14.4 Å². The molecule has 0 aliphatic carbocycles. The topological polar surface area (TPSA) is 114 Å². The molecule has 1 heterocycles. The highest BCUT2D eigenvalue weighted by Gasteiger charge is 2.21. The molecular weight excluding hydrogens is 216 g/mol. The van der Waals surface area contributed by atoms with Crippen LogP contribution < -0.4 is 5.73 Å². The first-order valence-electron chi connectivity index (χ1n) is 4.33. The Morgan fingerprint density at radius 1 is 1.38 bits per heavy atom. The number of hydrogen-bond acceptors (Lipinski definition) is 4. The van der Waals surface area contributed by atoms with Crippen molar-refractivity contribution in [2.24, 2.45) is 5.73 Å². The Kier molecular flexibility index (Phi) is 3.65. The van der Waals surface area contributed by atoms with Crippen molar-refractivity contribution in [1.82, 2.24) is 4.90 Å². The molecule has 0 bridgehead atoms. The van der Waals surface area contributed by atoms with E-state index in [2.05, 4.69) is 0 Å². The first-order valence-corrected chi connectivity index (χ1v) is 4.33. The molecule has 0 atom stereocenters. The Balaban J connectivity index is 2.79. The van der Waals surface area contributed by atoms with Crippen LogP contribution in [-0.2, 0) is 9.59 Å². The van der Waals surface area contributed by atoms with Gasteiger partial charge in [-0.05, 0) is 12.1 Å². The maximum atomic E-state index is 11.6. The molecule has 0 aliphatic heterocycles. The number of carboxylic acids is 1. The second kappa shape index (κ2) is 4.96. The molecule has 0 fully saturated rings. The summed E-state index contributed by atoms with van der Waals surface area (Å²) < 4.78 is 4.80. The zero-order valence-corrected chi connectivity index (χ0v) is 8.25. The molecule has 1 aromatic heterocycles. The fraction of sp³-hybridized carbons (Fsp3) is 0.222. The summed E-state index contributed by atoms with van der Waals surface area (Å²) in [5, 5.41) is 8.57. The van der Waals surface area contributed by atoms with Gasteiger partial charge in [0.05, 0.1) is 6.26 Å². The summed E-state index contributed by atoms with van der Waals surface area (Å²) in [7, 11) is 0. The smallest absolute Gasteiger partial charge is 0.323 e. The summed E-state index contributed by atoms with van der Waals surface area (Å²) in [6, 6.07) is 2.86. The second-order valence-corrected chi connectivity index (χ2v) is 3.00. The van der Waals surface area contributed by atoms with Crippen molar-refractivity contribution in [1.29, 1.82) is 0 Å². The molecule has 86 valence electrons. The number of amides is 2. The van der Waals surface area contributed by atoms with E-state index in [-0.39, 0.29) is 5.76 Å². The molecule has 0 unspecified atom stereocenters. The highest BCUT2D eigenvalue weighted by molar-refractivity contribution is 5.95. The van der Waals surface area contributed by atoms with Crippen LogP contribution in [0.3, 0.4) is 0 Å². The van der Waals surface area contributed by atoms with Gasteiger partial charge in [0.25, 0.3) is 5.91 Å². The lowest BCUT2D eigenvalue weighted by molar-refractivity contribution is -0.138. The van der Waals surface area contributed by atoms with Gasteiger partial charge < -0.3 is 20.2 Å². The minimum absolute atomic E-state index is 0.0394. The number of hydrogen-bond donors (Lipinski definition) is 2. The fourth-order valence-corrected chi connectivity index (χ4v) is 1.11. The second-order valence-electron chi connectivity index (χ2n) is 3.00. The molecule has 0 aromatic carbocycles. The van der Waals surface area contributed by atoms with Crippen LogP contribution in [0.5, 0.6) is 0 Å². The van der Waals surface area contributed by atoms with Crippen LogP contribution in [-0.4, -0.2) is 40.9 Å². The van der Waals surface area contributed by atoms with Crippen molar-refractivity contribution >= 4 is 17.8 Å². The molecule has 1 rings (SSSR count). The largest absolute Gasteiger partial charge is 0.480 e. The number of nitrogens with zero attached hydrogens (tertiary/aromatic N) is 1. The maximum absolute atomic E-state index is 11.6. The van der Waals surface area contributed by atoms with Gasteiger partial charge >= 0.3 is 5.97 Å². The minimum atomic E-state index is -1.24. The zero-order chi connectivity index (χ0) is 12.1. The van der Waals surface area contributed by atoms with Crippen molar-refractivity contribution in [2.45, 2.75) is 0 Å². The summed E-state index contributed by atoms with van der Waals surface area (Å²) in [6.45, 7) is -1.08. The van der Waals surface area contributed by atoms with E-state index in [0.717, 1.165) is 4.90 Å². The van der Waals surface area contributed by atoms with E-state index in [4.69, 9.17) is 15.3 Å². The van der Waals surface area contributed by atoms with Crippen LogP contribution in [0.25, 0.3) is 0 Å². The molecule has 7 heteroatoms. The van der Waals surface area contributed by atoms with Crippen LogP contribution >= 0.6 is 0 Å². The molecule has 0 radical (unpaired) electrons. The molecular formula is C9H10N2O5. The summed E-state index contributed by atoms with van der Waals surface area (Å²) in [5.41, 5.74) is 4.90. The van der Waals surface area contributed by atoms with Crippen molar-refractivity contribution in [3.8, 4) is 0 Å². The Morgan fingerprint density at radius 2 is 2.06 bits per heavy atom. The van der Waals surface area contributed by atoms with E-state index >= 15 is 0 Å². The van der Waals surface area contributed by atoms with Gasteiger partial charge in [-0.3, -0.25) is 14.4 Å². The fourth-order valence-electron chi connectivity index (χ4n) is 1.11. The predicted octanol–water partition coefficient (Wildman–Crippen LogP) is -0.708. The highest BCUT2D eigenvalue weighted by Crippen LogP contribution is 2.05. The third-order valence-corrected chi connectivity index (χ3v) is 1.69. The maximum Gasteiger partial charge on any atom is 0.323 e. The Hall–Kier alpha value is -2.31. The van der Waals surface area contributed by atoms with Gasteiger partial charge in [-0.15, -0.1) is 0 Å². The number of carbonyl (C=O) groups is 3. The van der Waals surface area contributed by atoms with Crippen LogP contribution in [0.4, 0.5) is 0 Å². The monoisotopic (exact) mass is 226 g/mol. The number of furan rings is 1. The third-order valence-electron chi connectivity index (χ3n) is 1.69. The lowest BCUT2D eigenvalue weighted by atomic mass is 10.3. The average molecular weight is 226 g/mol. The SMILES string of the molecule is NC(=O)CN(CC(=O)O)C(=O)c1ccco1. The zero-order valence-electron chi connectivity index (χ0n) is 8.25. The lowest BCUT2D eigenvalue weighted by Gasteiger charge is -2.17. The number of aliphatic carboxylic acids is 1. The number of primary amides is 1. The minimum Gasteiger partial charge on any atom is -0.480 e. The molecule has 1 aromatic rings.